The van der Waals surface area contributed by atoms with Crippen LogP contribution in [0, 0.1) is 13.8 Å². The summed E-state index contributed by atoms with van der Waals surface area (Å²) >= 11 is 3.71. The fraction of sp³-hybridized carbons (Fsp3) is 0.750. The van der Waals surface area contributed by atoms with Crippen LogP contribution in [0.25, 0.3) is 0 Å². The SMILES string of the molecule is CSC(C)CCNC(C)c1nc(C)sc1C. The summed E-state index contributed by atoms with van der Waals surface area (Å²) in [6.45, 7) is 9.77. The van der Waals surface area contributed by atoms with Gasteiger partial charge >= 0.3 is 0 Å². The predicted octanol–water partition coefficient (Wildman–Crippen LogP) is 3.55. The van der Waals surface area contributed by atoms with E-state index in [9.17, 15) is 0 Å². The van der Waals surface area contributed by atoms with E-state index in [1.807, 2.05) is 11.8 Å². The summed E-state index contributed by atoms with van der Waals surface area (Å²) < 4.78 is 0. The Bertz CT molecular complexity index is 323. The van der Waals surface area contributed by atoms with Crippen LogP contribution in [0.1, 0.15) is 41.9 Å². The summed E-state index contributed by atoms with van der Waals surface area (Å²) in [5.74, 6) is 0. The van der Waals surface area contributed by atoms with Crippen LogP contribution < -0.4 is 5.32 Å². The van der Waals surface area contributed by atoms with Gasteiger partial charge in [0.1, 0.15) is 0 Å². The topological polar surface area (TPSA) is 24.9 Å². The molecule has 2 nitrogen and oxygen atoms in total. The van der Waals surface area contributed by atoms with Crippen molar-refractivity contribution in [3.63, 3.8) is 0 Å². The van der Waals surface area contributed by atoms with Crippen LogP contribution >= 0.6 is 23.1 Å². The van der Waals surface area contributed by atoms with E-state index >= 15 is 0 Å². The smallest absolute Gasteiger partial charge is 0.0900 e. The highest BCUT2D eigenvalue weighted by molar-refractivity contribution is 7.99. The Morgan fingerprint density at radius 2 is 2.06 bits per heavy atom. The second kappa shape index (κ2) is 6.62. The Balaban J connectivity index is 2.40. The summed E-state index contributed by atoms with van der Waals surface area (Å²) in [5, 5.41) is 5.45. The van der Waals surface area contributed by atoms with Crippen LogP contribution in [0.15, 0.2) is 0 Å². The highest BCUT2D eigenvalue weighted by atomic mass is 32.2. The molecule has 2 atom stereocenters. The van der Waals surface area contributed by atoms with Gasteiger partial charge in [-0.3, -0.25) is 0 Å². The molecule has 0 aliphatic heterocycles. The van der Waals surface area contributed by atoms with Crippen molar-refractivity contribution >= 4 is 23.1 Å². The molecule has 4 heteroatoms. The zero-order valence-electron chi connectivity index (χ0n) is 10.8. The molecule has 0 aromatic carbocycles. The maximum Gasteiger partial charge on any atom is 0.0900 e. The highest BCUT2D eigenvalue weighted by Gasteiger charge is 2.12. The average molecular weight is 258 g/mol. The lowest BCUT2D eigenvalue weighted by Gasteiger charge is -2.14. The van der Waals surface area contributed by atoms with E-state index in [-0.39, 0.29) is 0 Å². The molecule has 1 N–H and O–H groups in total. The molecule has 1 rings (SSSR count). The Morgan fingerprint density at radius 1 is 1.38 bits per heavy atom. The van der Waals surface area contributed by atoms with Crippen LogP contribution in [0.4, 0.5) is 0 Å². The fourth-order valence-electron chi connectivity index (χ4n) is 1.66. The summed E-state index contributed by atoms with van der Waals surface area (Å²) in [7, 11) is 0. The standard InChI is InChI=1S/C12H22N2S2/c1-8(15-5)6-7-13-9(2)12-10(3)16-11(4)14-12/h8-9,13H,6-7H2,1-5H3. The number of thioether (sulfide) groups is 1. The third-order valence-corrected chi connectivity index (χ3v) is 4.70. The molecule has 0 spiro atoms. The molecule has 0 saturated carbocycles. The van der Waals surface area contributed by atoms with Crippen LogP contribution in [0.3, 0.4) is 0 Å². The monoisotopic (exact) mass is 258 g/mol. The first-order valence-corrected chi connectivity index (χ1v) is 7.85. The van der Waals surface area contributed by atoms with E-state index in [2.05, 4.69) is 44.3 Å². The Labute approximate surface area is 107 Å². The van der Waals surface area contributed by atoms with Crippen molar-refractivity contribution in [3.05, 3.63) is 15.6 Å². The maximum atomic E-state index is 4.58. The van der Waals surface area contributed by atoms with Gasteiger partial charge in [-0.2, -0.15) is 11.8 Å². The van der Waals surface area contributed by atoms with Crippen molar-refractivity contribution in [1.82, 2.24) is 10.3 Å². The number of nitrogens with one attached hydrogen (secondary N) is 1. The van der Waals surface area contributed by atoms with E-state index in [0.717, 1.165) is 11.8 Å². The number of aryl methyl sites for hydroxylation is 2. The molecule has 0 bridgehead atoms. The second-order valence-corrected chi connectivity index (χ2v) is 6.87. The Kier molecular flexibility index (Phi) is 5.79. The van der Waals surface area contributed by atoms with Gasteiger partial charge in [-0.1, -0.05) is 6.92 Å². The van der Waals surface area contributed by atoms with Gasteiger partial charge in [-0.25, -0.2) is 4.98 Å². The summed E-state index contributed by atoms with van der Waals surface area (Å²) in [6.07, 6.45) is 3.38. The molecule has 1 aromatic heterocycles. The van der Waals surface area contributed by atoms with Gasteiger partial charge in [0.25, 0.3) is 0 Å². The molecule has 0 aliphatic carbocycles. The summed E-state index contributed by atoms with van der Waals surface area (Å²) in [4.78, 5) is 5.92. The number of aromatic nitrogens is 1. The van der Waals surface area contributed by atoms with Crippen molar-refractivity contribution < 1.29 is 0 Å². The summed E-state index contributed by atoms with van der Waals surface area (Å²) in [6, 6.07) is 0.374. The molecule has 0 aliphatic rings. The highest BCUT2D eigenvalue weighted by Crippen LogP contribution is 2.22. The lowest BCUT2D eigenvalue weighted by molar-refractivity contribution is 0.547. The minimum Gasteiger partial charge on any atom is -0.309 e. The molecule has 1 heterocycles. The second-order valence-electron chi connectivity index (χ2n) is 4.19. The van der Waals surface area contributed by atoms with E-state index in [0.29, 0.717) is 6.04 Å². The minimum absolute atomic E-state index is 0.374. The van der Waals surface area contributed by atoms with Crippen molar-refractivity contribution in [2.45, 2.75) is 45.4 Å². The molecule has 16 heavy (non-hydrogen) atoms. The van der Waals surface area contributed by atoms with E-state index in [1.165, 1.54) is 22.0 Å². The van der Waals surface area contributed by atoms with Crippen molar-refractivity contribution in [1.29, 1.82) is 0 Å². The quantitative estimate of drug-likeness (QED) is 0.844. The number of nitrogens with zero attached hydrogens (tertiary/aromatic N) is 1. The van der Waals surface area contributed by atoms with Gasteiger partial charge < -0.3 is 5.32 Å². The molecule has 92 valence electrons. The number of thiazole rings is 1. The first kappa shape index (κ1) is 14.0. The Morgan fingerprint density at radius 3 is 2.56 bits per heavy atom. The molecular weight excluding hydrogens is 236 g/mol. The summed E-state index contributed by atoms with van der Waals surface area (Å²) in [5.41, 5.74) is 1.22. The molecule has 2 unspecified atom stereocenters. The van der Waals surface area contributed by atoms with Crippen molar-refractivity contribution in [3.8, 4) is 0 Å². The number of hydrogen-bond donors (Lipinski definition) is 1. The number of hydrogen-bond acceptors (Lipinski definition) is 4. The molecule has 0 saturated heterocycles. The predicted molar refractivity (Wildman–Crippen MR) is 75.6 cm³/mol. The molecule has 0 amide bonds. The van der Waals surface area contributed by atoms with Gasteiger partial charge in [0.05, 0.1) is 10.7 Å². The van der Waals surface area contributed by atoms with Gasteiger partial charge in [-0.05, 0) is 40.0 Å². The van der Waals surface area contributed by atoms with Crippen molar-refractivity contribution in [2.24, 2.45) is 0 Å². The zero-order chi connectivity index (χ0) is 12.1. The lowest BCUT2D eigenvalue weighted by Crippen LogP contribution is -2.22. The molecular formula is C12H22N2S2. The lowest BCUT2D eigenvalue weighted by atomic mass is 10.2. The van der Waals surface area contributed by atoms with E-state index in [1.54, 1.807) is 11.3 Å². The van der Waals surface area contributed by atoms with Crippen LogP contribution in [0.5, 0.6) is 0 Å². The van der Waals surface area contributed by atoms with E-state index in [4.69, 9.17) is 0 Å². The average Bonchev–Trinajstić information content (AvgIpc) is 2.57. The molecule has 0 fully saturated rings. The Hall–Kier alpha value is -0.0600. The van der Waals surface area contributed by atoms with E-state index < -0.39 is 0 Å². The molecule has 0 radical (unpaired) electrons. The van der Waals surface area contributed by atoms with Crippen LogP contribution in [-0.4, -0.2) is 23.0 Å². The zero-order valence-corrected chi connectivity index (χ0v) is 12.5. The fourth-order valence-corrected chi connectivity index (χ4v) is 2.93. The minimum atomic E-state index is 0.374. The van der Waals surface area contributed by atoms with Gasteiger partial charge in [0.15, 0.2) is 0 Å². The normalized spacial score (nSPS) is 15.1. The van der Waals surface area contributed by atoms with Gasteiger partial charge in [-0.15, -0.1) is 11.3 Å². The largest absolute Gasteiger partial charge is 0.309 e. The van der Waals surface area contributed by atoms with Crippen molar-refractivity contribution in [2.75, 3.05) is 12.8 Å². The third-order valence-electron chi connectivity index (χ3n) is 2.75. The molecule has 1 aromatic rings. The number of rotatable bonds is 6. The third kappa shape index (κ3) is 4.07. The maximum absolute atomic E-state index is 4.58. The first-order valence-electron chi connectivity index (χ1n) is 5.74. The van der Waals surface area contributed by atoms with Crippen LogP contribution in [0.2, 0.25) is 0 Å². The van der Waals surface area contributed by atoms with Gasteiger partial charge in [0, 0.05) is 16.2 Å². The first-order chi connectivity index (χ1) is 7.54. The van der Waals surface area contributed by atoms with Crippen LogP contribution in [-0.2, 0) is 0 Å². The van der Waals surface area contributed by atoms with Gasteiger partial charge in [0.2, 0.25) is 0 Å².